The molecule has 0 bridgehead atoms. The minimum absolute atomic E-state index is 0.0973. The van der Waals surface area contributed by atoms with Gasteiger partial charge in [0.05, 0.1) is 10.6 Å². The molecule has 0 radical (unpaired) electrons. The van der Waals surface area contributed by atoms with Crippen molar-refractivity contribution in [1.29, 1.82) is 0 Å². The van der Waals surface area contributed by atoms with E-state index in [2.05, 4.69) is 19.2 Å². The molecule has 2 amide bonds. The molecule has 0 spiro atoms. The number of nitrogens with zero attached hydrogens (tertiary/aromatic N) is 2. The zero-order chi connectivity index (χ0) is 29.4. The highest BCUT2D eigenvalue weighted by Gasteiger charge is 2.33. The van der Waals surface area contributed by atoms with E-state index in [9.17, 15) is 18.0 Å². The molecule has 214 valence electrons. The van der Waals surface area contributed by atoms with Crippen molar-refractivity contribution in [3.63, 3.8) is 0 Å². The van der Waals surface area contributed by atoms with Gasteiger partial charge in [0.15, 0.2) is 0 Å². The number of anilines is 1. The highest BCUT2D eigenvalue weighted by molar-refractivity contribution is 7.92. The van der Waals surface area contributed by atoms with E-state index in [1.165, 1.54) is 4.90 Å². The van der Waals surface area contributed by atoms with Crippen molar-refractivity contribution in [2.75, 3.05) is 17.4 Å². The average Bonchev–Trinajstić information content (AvgIpc) is 2.93. The quantitative estimate of drug-likeness (QED) is 0.312. The fourth-order valence-electron chi connectivity index (χ4n) is 4.57. The Kier molecular flexibility index (Phi) is 10.5. The molecule has 0 saturated heterocycles. The molecule has 0 fully saturated rings. The van der Waals surface area contributed by atoms with Crippen molar-refractivity contribution >= 4 is 27.5 Å². The Morgan fingerprint density at radius 2 is 1.50 bits per heavy atom. The smallest absolute Gasteiger partial charge is 0.264 e. The normalized spacial score (nSPS) is 12.2. The summed E-state index contributed by atoms with van der Waals surface area (Å²) < 4.78 is 29.1. The van der Waals surface area contributed by atoms with Gasteiger partial charge in [-0.3, -0.25) is 13.9 Å². The molecule has 0 unspecified atom stereocenters. The third kappa shape index (κ3) is 7.30. The maximum absolute atomic E-state index is 14.1. The first kappa shape index (κ1) is 30.9. The van der Waals surface area contributed by atoms with Gasteiger partial charge in [0.1, 0.15) is 12.6 Å². The highest BCUT2D eigenvalue weighted by Crippen LogP contribution is 2.27. The number of carbonyl (C=O) groups excluding carboxylic acids is 2. The van der Waals surface area contributed by atoms with Crippen LogP contribution >= 0.6 is 0 Å². The summed E-state index contributed by atoms with van der Waals surface area (Å²) in [5.74, 6) is -0.448. The topological polar surface area (TPSA) is 86.8 Å². The van der Waals surface area contributed by atoms with Gasteiger partial charge >= 0.3 is 0 Å². The Labute approximate surface area is 239 Å². The lowest BCUT2D eigenvalue weighted by Gasteiger charge is -2.33. The van der Waals surface area contributed by atoms with Crippen molar-refractivity contribution in [2.24, 2.45) is 0 Å². The number of nitrogens with one attached hydrogen (secondary N) is 1. The lowest BCUT2D eigenvalue weighted by molar-refractivity contribution is -0.140. The summed E-state index contributed by atoms with van der Waals surface area (Å²) in [6, 6.07) is 20.8. The van der Waals surface area contributed by atoms with Crippen LogP contribution in [0.25, 0.3) is 0 Å². The minimum Gasteiger partial charge on any atom is -0.355 e. The summed E-state index contributed by atoms with van der Waals surface area (Å²) in [5, 5.41) is 2.83. The van der Waals surface area contributed by atoms with Gasteiger partial charge in [0.2, 0.25) is 11.8 Å². The fraction of sp³-hybridized carbons (Fsp3) is 0.375. The second-order valence-electron chi connectivity index (χ2n) is 10.3. The largest absolute Gasteiger partial charge is 0.355 e. The van der Waals surface area contributed by atoms with Crippen LogP contribution in [-0.4, -0.2) is 44.3 Å². The van der Waals surface area contributed by atoms with Crippen LogP contribution in [0.2, 0.25) is 0 Å². The van der Waals surface area contributed by atoms with Gasteiger partial charge in [-0.15, -0.1) is 0 Å². The first-order valence-electron chi connectivity index (χ1n) is 13.8. The van der Waals surface area contributed by atoms with Gasteiger partial charge in [0, 0.05) is 13.1 Å². The molecule has 1 N–H and O–H groups in total. The fourth-order valence-corrected chi connectivity index (χ4v) is 5.99. The van der Waals surface area contributed by atoms with E-state index >= 15 is 0 Å². The number of hydrogen-bond donors (Lipinski definition) is 1. The van der Waals surface area contributed by atoms with Crippen LogP contribution in [0.3, 0.4) is 0 Å². The second-order valence-corrected chi connectivity index (χ2v) is 12.2. The molecular formula is C32H41N3O4S. The summed E-state index contributed by atoms with van der Waals surface area (Å²) in [4.78, 5) is 28.8. The summed E-state index contributed by atoms with van der Waals surface area (Å²) >= 11 is 0. The van der Waals surface area contributed by atoms with Crippen molar-refractivity contribution in [3.8, 4) is 0 Å². The monoisotopic (exact) mass is 563 g/mol. The number of aryl methyl sites for hydroxylation is 2. The van der Waals surface area contributed by atoms with E-state index in [-0.39, 0.29) is 23.3 Å². The SMILES string of the molecule is CCNC(=O)[C@H](CC)N(Cc1ccccc1C)C(=O)CN(c1ccc(C(C)C)cc1)S(=O)(=O)c1ccc(C)cc1. The molecule has 3 aromatic carbocycles. The molecule has 7 nitrogen and oxygen atoms in total. The Hall–Kier alpha value is -3.65. The van der Waals surface area contributed by atoms with E-state index in [0.717, 1.165) is 26.6 Å². The second kappa shape index (κ2) is 13.6. The molecule has 0 aliphatic rings. The molecule has 0 aliphatic heterocycles. The summed E-state index contributed by atoms with van der Waals surface area (Å²) in [6.45, 7) is 11.8. The molecule has 0 aromatic heterocycles. The van der Waals surface area contributed by atoms with Gasteiger partial charge < -0.3 is 10.2 Å². The van der Waals surface area contributed by atoms with E-state index < -0.39 is 28.5 Å². The van der Waals surface area contributed by atoms with Crippen LogP contribution in [-0.2, 0) is 26.2 Å². The van der Waals surface area contributed by atoms with Crippen molar-refractivity contribution < 1.29 is 18.0 Å². The summed E-state index contributed by atoms with van der Waals surface area (Å²) in [7, 11) is -4.09. The highest BCUT2D eigenvalue weighted by atomic mass is 32.2. The zero-order valence-electron chi connectivity index (χ0n) is 24.3. The number of likely N-dealkylation sites (N-methyl/N-ethyl adjacent to an activating group) is 1. The van der Waals surface area contributed by atoms with E-state index in [0.29, 0.717) is 18.7 Å². The molecule has 40 heavy (non-hydrogen) atoms. The maximum atomic E-state index is 14.1. The van der Waals surface area contributed by atoms with Gasteiger partial charge in [-0.1, -0.05) is 74.9 Å². The van der Waals surface area contributed by atoms with Crippen LogP contribution < -0.4 is 9.62 Å². The Morgan fingerprint density at radius 1 is 0.875 bits per heavy atom. The summed E-state index contributed by atoms with van der Waals surface area (Å²) in [5.41, 5.74) is 4.26. The van der Waals surface area contributed by atoms with Crippen LogP contribution in [0.4, 0.5) is 5.69 Å². The first-order chi connectivity index (χ1) is 19.0. The standard InChI is InChI=1S/C32H41N3O4S/c1-7-30(32(37)33-8-2)34(21-27-12-10-9-11-25(27)6)31(36)22-35(28-17-15-26(16-18-28)23(3)4)40(38,39)29-19-13-24(5)14-20-29/h9-20,23,30H,7-8,21-22H2,1-6H3,(H,33,37)/t30-/m0/s1. The molecule has 3 rings (SSSR count). The van der Waals surface area contributed by atoms with Crippen LogP contribution in [0.15, 0.2) is 77.7 Å². The van der Waals surface area contributed by atoms with Crippen LogP contribution in [0.5, 0.6) is 0 Å². The maximum Gasteiger partial charge on any atom is 0.264 e. The van der Waals surface area contributed by atoms with Gasteiger partial charge in [0.25, 0.3) is 10.0 Å². The third-order valence-corrected chi connectivity index (χ3v) is 8.86. The van der Waals surface area contributed by atoms with Gasteiger partial charge in [-0.2, -0.15) is 0 Å². The van der Waals surface area contributed by atoms with Crippen LogP contribution in [0.1, 0.15) is 62.3 Å². The number of carbonyl (C=O) groups is 2. The predicted molar refractivity (Wildman–Crippen MR) is 161 cm³/mol. The number of amides is 2. The molecule has 8 heteroatoms. The number of benzene rings is 3. The first-order valence-corrected chi connectivity index (χ1v) is 15.2. The van der Waals surface area contributed by atoms with E-state index in [1.54, 1.807) is 36.4 Å². The number of hydrogen-bond acceptors (Lipinski definition) is 4. The Bertz CT molecular complexity index is 1400. The van der Waals surface area contributed by atoms with Crippen molar-refractivity contribution in [1.82, 2.24) is 10.2 Å². The van der Waals surface area contributed by atoms with Gasteiger partial charge in [-0.25, -0.2) is 8.42 Å². The zero-order valence-corrected chi connectivity index (χ0v) is 25.2. The number of sulfonamides is 1. The minimum atomic E-state index is -4.09. The Balaban J connectivity index is 2.08. The molecule has 0 heterocycles. The van der Waals surface area contributed by atoms with Gasteiger partial charge in [-0.05, 0) is 74.1 Å². The lowest BCUT2D eigenvalue weighted by atomic mass is 10.0. The predicted octanol–water partition coefficient (Wildman–Crippen LogP) is 5.57. The van der Waals surface area contributed by atoms with E-state index in [1.807, 2.05) is 64.1 Å². The molecular weight excluding hydrogens is 522 g/mol. The molecule has 3 aromatic rings. The number of rotatable bonds is 12. The van der Waals surface area contributed by atoms with Crippen molar-refractivity contribution in [3.05, 3.63) is 95.1 Å². The third-order valence-electron chi connectivity index (χ3n) is 7.07. The van der Waals surface area contributed by atoms with E-state index in [4.69, 9.17) is 0 Å². The molecule has 0 aliphatic carbocycles. The molecule has 0 saturated carbocycles. The lowest BCUT2D eigenvalue weighted by Crippen LogP contribution is -2.52. The average molecular weight is 564 g/mol. The molecule has 1 atom stereocenters. The van der Waals surface area contributed by atoms with Crippen LogP contribution in [0, 0.1) is 13.8 Å². The Morgan fingerprint density at radius 3 is 2.05 bits per heavy atom. The van der Waals surface area contributed by atoms with Crippen molar-refractivity contribution in [2.45, 2.75) is 71.4 Å². The summed E-state index contributed by atoms with van der Waals surface area (Å²) in [6.07, 6.45) is 0.386.